The molecular formula is C19H20O4. The van der Waals surface area contributed by atoms with Crippen LogP contribution in [-0.2, 0) is 15.9 Å². The molecule has 1 aliphatic carbocycles. The van der Waals surface area contributed by atoms with E-state index in [0.29, 0.717) is 12.2 Å². The fourth-order valence-corrected chi connectivity index (χ4v) is 2.83. The maximum atomic E-state index is 11.8. The van der Waals surface area contributed by atoms with Gasteiger partial charge in [0.05, 0.1) is 11.7 Å². The fourth-order valence-electron chi connectivity index (χ4n) is 2.83. The zero-order chi connectivity index (χ0) is 16.1. The van der Waals surface area contributed by atoms with Gasteiger partial charge in [0.2, 0.25) is 0 Å². The van der Waals surface area contributed by atoms with Crippen LogP contribution in [-0.4, -0.2) is 26.3 Å². The van der Waals surface area contributed by atoms with Crippen LogP contribution in [0.4, 0.5) is 0 Å². The average molecular weight is 312 g/mol. The van der Waals surface area contributed by atoms with Crippen molar-refractivity contribution in [3.8, 4) is 5.75 Å². The molecule has 0 bridgehead atoms. The van der Waals surface area contributed by atoms with Crippen LogP contribution in [0, 0.1) is 0 Å². The minimum absolute atomic E-state index is 0.157. The quantitative estimate of drug-likeness (QED) is 0.604. The third-order valence-electron chi connectivity index (χ3n) is 4.02. The Bertz CT molecular complexity index is 666. The van der Waals surface area contributed by atoms with Crippen molar-refractivity contribution in [3.63, 3.8) is 0 Å². The zero-order valence-corrected chi connectivity index (χ0v) is 13.2. The van der Waals surface area contributed by atoms with Gasteiger partial charge in [-0.3, -0.25) is 0 Å². The van der Waals surface area contributed by atoms with Crippen LogP contribution in [0.2, 0.25) is 0 Å². The Kier molecular flexibility index (Phi) is 4.93. The van der Waals surface area contributed by atoms with Gasteiger partial charge in [-0.15, -0.1) is 0 Å². The third-order valence-corrected chi connectivity index (χ3v) is 4.02. The van der Waals surface area contributed by atoms with Gasteiger partial charge >= 0.3 is 5.97 Å². The van der Waals surface area contributed by atoms with Crippen molar-refractivity contribution in [3.05, 3.63) is 65.2 Å². The second-order valence-corrected chi connectivity index (χ2v) is 5.47. The molecule has 1 atom stereocenters. The molecule has 1 unspecified atom stereocenters. The molecule has 23 heavy (non-hydrogen) atoms. The molecule has 2 aromatic rings. The topological polar surface area (TPSA) is 44.8 Å². The molecule has 1 aliphatic rings. The van der Waals surface area contributed by atoms with E-state index in [9.17, 15) is 4.79 Å². The molecule has 0 amide bonds. The lowest BCUT2D eigenvalue weighted by Gasteiger charge is -2.12. The molecule has 0 aliphatic heterocycles. The molecule has 0 saturated heterocycles. The zero-order valence-electron chi connectivity index (χ0n) is 13.2. The van der Waals surface area contributed by atoms with E-state index in [2.05, 4.69) is 6.07 Å². The number of carbonyl (C=O) groups excluding carboxylic acids is 1. The van der Waals surface area contributed by atoms with Crippen molar-refractivity contribution in [2.75, 3.05) is 20.3 Å². The summed E-state index contributed by atoms with van der Waals surface area (Å²) in [6.07, 6.45) is 2.22. The van der Waals surface area contributed by atoms with Crippen molar-refractivity contribution in [2.24, 2.45) is 0 Å². The van der Waals surface area contributed by atoms with Crippen LogP contribution in [0.5, 0.6) is 5.75 Å². The molecule has 0 radical (unpaired) electrons. The number of benzene rings is 2. The van der Waals surface area contributed by atoms with Gasteiger partial charge in [0.1, 0.15) is 19.0 Å². The number of hydrogen-bond acceptors (Lipinski definition) is 4. The standard InChI is InChI=1S/C19H20O4/c1-21-18-10-8-14-7-9-16(13-17(14)18)22-11-12-23-19(20)15-5-3-2-4-6-15/h2-7,9,13,18H,8,10-12H2,1H3. The van der Waals surface area contributed by atoms with Gasteiger partial charge in [0.15, 0.2) is 0 Å². The van der Waals surface area contributed by atoms with Gasteiger partial charge < -0.3 is 14.2 Å². The first-order chi connectivity index (χ1) is 11.3. The number of methoxy groups -OCH3 is 1. The van der Waals surface area contributed by atoms with Crippen molar-refractivity contribution in [1.82, 2.24) is 0 Å². The number of carbonyl (C=O) groups is 1. The third kappa shape index (κ3) is 3.71. The first kappa shape index (κ1) is 15.6. The summed E-state index contributed by atoms with van der Waals surface area (Å²) < 4.78 is 16.3. The summed E-state index contributed by atoms with van der Waals surface area (Å²) in [6.45, 7) is 0.549. The highest BCUT2D eigenvalue weighted by Crippen LogP contribution is 2.35. The molecule has 0 N–H and O–H groups in total. The maximum absolute atomic E-state index is 11.8. The largest absolute Gasteiger partial charge is 0.490 e. The number of hydrogen-bond donors (Lipinski definition) is 0. The number of esters is 1. The van der Waals surface area contributed by atoms with Crippen LogP contribution >= 0.6 is 0 Å². The van der Waals surface area contributed by atoms with E-state index in [4.69, 9.17) is 14.2 Å². The lowest BCUT2D eigenvalue weighted by atomic mass is 10.1. The molecule has 4 nitrogen and oxygen atoms in total. The second kappa shape index (κ2) is 7.29. The first-order valence-electron chi connectivity index (χ1n) is 7.78. The molecule has 0 saturated carbocycles. The summed E-state index contributed by atoms with van der Waals surface area (Å²) in [5.74, 6) is 0.450. The highest BCUT2D eigenvalue weighted by atomic mass is 16.6. The molecule has 4 heteroatoms. The summed E-state index contributed by atoms with van der Waals surface area (Å²) in [7, 11) is 1.73. The first-order valence-corrected chi connectivity index (χ1v) is 7.78. The van der Waals surface area contributed by atoms with Crippen molar-refractivity contribution in [1.29, 1.82) is 0 Å². The van der Waals surface area contributed by atoms with E-state index >= 15 is 0 Å². The van der Waals surface area contributed by atoms with E-state index in [1.807, 2.05) is 30.3 Å². The molecule has 0 spiro atoms. The molecule has 3 rings (SSSR count). The Labute approximate surface area is 136 Å². The minimum atomic E-state index is -0.331. The Morgan fingerprint density at radius 3 is 2.74 bits per heavy atom. The second-order valence-electron chi connectivity index (χ2n) is 5.47. The molecule has 0 heterocycles. The van der Waals surface area contributed by atoms with Gasteiger partial charge in [-0.05, 0) is 48.2 Å². The van der Waals surface area contributed by atoms with Crippen LogP contribution in [0.3, 0.4) is 0 Å². The Morgan fingerprint density at radius 2 is 1.96 bits per heavy atom. The number of rotatable bonds is 6. The van der Waals surface area contributed by atoms with Crippen LogP contribution in [0.15, 0.2) is 48.5 Å². The smallest absolute Gasteiger partial charge is 0.338 e. The van der Waals surface area contributed by atoms with Crippen LogP contribution < -0.4 is 4.74 Å². The van der Waals surface area contributed by atoms with E-state index in [-0.39, 0.29) is 18.7 Å². The molecule has 2 aromatic carbocycles. The van der Waals surface area contributed by atoms with E-state index < -0.39 is 0 Å². The Hall–Kier alpha value is -2.33. The highest BCUT2D eigenvalue weighted by molar-refractivity contribution is 5.89. The van der Waals surface area contributed by atoms with Gasteiger partial charge in [0.25, 0.3) is 0 Å². The van der Waals surface area contributed by atoms with E-state index in [1.54, 1.807) is 19.2 Å². The highest BCUT2D eigenvalue weighted by Gasteiger charge is 2.22. The minimum Gasteiger partial charge on any atom is -0.490 e. The normalized spacial score (nSPS) is 16.0. The summed E-state index contributed by atoms with van der Waals surface area (Å²) in [5, 5.41) is 0. The van der Waals surface area contributed by atoms with E-state index in [1.165, 1.54) is 11.1 Å². The fraction of sp³-hybridized carbons (Fsp3) is 0.316. The van der Waals surface area contributed by atoms with Gasteiger partial charge in [0, 0.05) is 7.11 Å². The molecule has 0 aromatic heterocycles. The summed E-state index contributed by atoms with van der Waals surface area (Å²) >= 11 is 0. The number of ether oxygens (including phenoxy) is 3. The van der Waals surface area contributed by atoms with Crippen LogP contribution in [0.1, 0.15) is 34.0 Å². The van der Waals surface area contributed by atoms with Crippen molar-refractivity contribution >= 4 is 5.97 Å². The Morgan fingerprint density at radius 1 is 1.13 bits per heavy atom. The monoisotopic (exact) mass is 312 g/mol. The Balaban J connectivity index is 1.49. The molecular weight excluding hydrogens is 292 g/mol. The number of fused-ring (bicyclic) bond motifs is 1. The summed E-state index contributed by atoms with van der Waals surface area (Å²) in [5.41, 5.74) is 3.07. The van der Waals surface area contributed by atoms with E-state index in [0.717, 1.165) is 18.6 Å². The maximum Gasteiger partial charge on any atom is 0.338 e. The lowest BCUT2D eigenvalue weighted by Crippen LogP contribution is -2.12. The predicted octanol–water partition coefficient (Wildman–Crippen LogP) is 3.56. The van der Waals surface area contributed by atoms with Crippen LogP contribution in [0.25, 0.3) is 0 Å². The van der Waals surface area contributed by atoms with Crippen molar-refractivity contribution in [2.45, 2.75) is 18.9 Å². The molecule has 120 valence electrons. The van der Waals surface area contributed by atoms with Gasteiger partial charge in [-0.1, -0.05) is 24.3 Å². The number of aryl methyl sites for hydroxylation is 1. The molecule has 0 fully saturated rings. The summed E-state index contributed by atoms with van der Waals surface area (Å²) in [6, 6.07) is 15.0. The SMILES string of the molecule is COC1CCc2ccc(OCCOC(=O)c3ccccc3)cc21. The predicted molar refractivity (Wildman–Crippen MR) is 86.7 cm³/mol. The van der Waals surface area contributed by atoms with Crippen molar-refractivity contribution < 1.29 is 19.0 Å². The van der Waals surface area contributed by atoms with Gasteiger partial charge in [-0.25, -0.2) is 4.79 Å². The van der Waals surface area contributed by atoms with Gasteiger partial charge in [-0.2, -0.15) is 0 Å². The average Bonchev–Trinajstić information content (AvgIpc) is 3.01. The summed E-state index contributed by atoms with van der Waals surface area (Å²) in [4.78, 5) is 11.8. The lowest BCUT2D eigenvalue weighted by molar-refractivity contribution is 0.0450.